The van der Waals surface area contributed by atoms with Gasteiger partial charge in [0.05, 0.1) is 7.11 Å². The van der Waals surface area contributed by atoms with Crippen LogP contribution in [0.15, 0.2) is 12.1 Å². The second kappa shape index (κ2) is 5.11. The third-order valence-electron chi connectivity index (χ3n) is 3.49. The lowest BCUT2D eigenvalue weighted by Gasteiger charge is -2.28. The minimum atomic E-state index is -2.56. The summed E-state index contributed by atoms with van der Waals surface area (Å²) in [5.74, 6) is -3.05. The monoisotopic (exact) mass is 270 g/mol. The number of alkyl halides is 2. The molecule has 0 unspecified atom stereocenters. The van der Waals surface area contributed by atoms with Crippen LogP contribution in [-0.4, -0.2) is 24.0 Å². The van der Waals surface area contributed by atoms with Crippen LogP contribution in [-0.2, 0) is 4.74 Å². The number of nitrogens with zero attached hydrogens (tertiary/aromatic N) is 1. The van der Waals surface area contributed by atoms with Gasteiger partial charge in [0.1, 0.15) is 11.4 Å². The summed E-state index contributed by atoms with van der Waals surface area (Å²) in [5, 5.41) is 0. The fourth-order valence-electron chi connectivity index (χ4n) is 2.34. The molecule has 2 N–H and O–H groups in total. The Kier molecular flexibility index (Phi) is 3.68. The summed E-state index contributed by atoms with van der Waals surface area (Å²) in [6.45, 7) is 0. The van der Waals surface area contributed by atoms with Crippen molar-refractivity contribution in [3.8, 4) is 0 Å². The van der Waals surface area contributed by atoms with Crippen LogP contribution >= 0.6 is 0 Å². The first kappa shape index (κ1) is 13.7. The quantitative estimate of drug-likeness (QED) is 0.839. The van der Waals surface area contributed by atoms with Gasteiger partial charge in [0.25, 0.3) is 0 Å². The van der Waals surface area contributed by atoms with Crippen molar-refractivity contribution in [1.82, 2.24) is 4.98 Å². The van der Waals surface area contributed by atoms with Crippen molar-refractivity contribution in [2.24, 2.45) is 0 Å². The molecule has 1 heterocycles. The summed E-state index contributed by atoms with van der Waals surface area (Å²) in [6.07, 6.45) is 0.518. The van der Waals surface area contributed by atoms with Gasteiger partial charge in [-0.1, -0.05) is 0 Å². The zero-order chi connectivity index (χ0) is 14.0. The molecule has 0 spiro atoms. The van der Waals surface area contributed by atoms with Gasteiger partial charge in [-0.25, -0.2) is 18.6 Å². The van der Waals surface area contributed by atoms with Crippen molar-refractivity contribution < 1.29 is 18.3 Å². The molecule has 6 heteroatoms. The molecular weight excluding hydrogens is 254 g/mol. The topological polar surface area (TPSA) is 65.2 Å². The highest BCUT2D eigenvalue weighted by Crippen LogP contribution is 2.40. The largest absolute Gasteiger partial charge is 0.465 e. The van der Waals surface area contributed by atoms with Gasteiger partial charge < -0.3 is 10.5 Å². The number of pyridine rings is 1. The van der Waals surface area contributed by atoms with Crippen LogP contribution in [0.25, 0.3) is 0 Å². The van der Waals surface area contributed by atoms with Crippen LogP contribution in [0, 0.1) is 0 Å². The lowest BCUT2D eigenvalue weighted by Crippen LogP contribution is -2.24. The normalized spacial score (nSPS) is 19.1. The molecular formula is C13H16F2N2O2. The molecule has 1 fully saturated rings. The van der Waals surface area contributed by atoms with E-state index in [2.05, 4.69) is 9.72 Å². The molecule has 104 valence electrons. The molecule has 0 aromatic carbocycles. The van der Waals surface area contributed by atoms with E-state index in [-0.39, 0.29) is 30.1 Å². The number of rotatable bonds is 2. The molecule has 1 aliphatic rings. The van der Waals surface area contributed by atoms with E-state index in [4.69, 9.17) is 5.73 Å². The van der Waals surface area contributed by atoms with Gasteiger partial charge in [0.15, 0.2) is 0 Å². The molecule has 1 aromatic heterocycles. The van der Waals surface area contributed by atoms with Gasteiger partial charge in [-0.2, -0.15) is 0 Å². The number of hydrogen-bond acceptors (Lipinski definition) is 4. The Morgan fingerprint density at radius 3 is 2.58 bits per heavy atom. The van der Waals surface area contributed by atoms with E-state index >= 15 is 0 Å². The summed E-state index contributed by atoms with van der Waals surface area (Å²) < 4.78 is 30.7. The number of hydrogen-bond donors (Lipinski definition) is 1. The van der Waals surface area contributed by atoms with Crippen molar-refractivity contribution >= 4 is 11.8 Å². The van der Waals surface area contributed by atoms with Gasteiger partial charge >= 0.3 is 5.97 Å². The number of nitrogen functional groups attached to an aromatic ring is 1. The summed E-state index contributed by atoms with van der Waals surface area (Å²) in [7, 11) is 1.26. The average molecular weight is 270 g/mol. The number of nitrogens with two attached hydrogens (primary N) is 1. The predicted molar refractivity (Wildman–Crippen MR) is 66.1 cm³/mol. The molecule has 2 rings (SSSR count). The van der Waals surface area contributed by atoms with E-state index in [9.17, 15) is 13.6 Å². The number of carbonyl (C=O) groups excluding carboxylic acids is 1. The predicted octanol–water partition coefficient (Wildman–Crippen LogP) is 2.74. The lowest BCUT2D eigenvalue weighted by molar-refractivity contribution is -0.0384. The number of aromatic nitrogens is 1. The second-order valence-corrected chi connectivity index (χ2v) is 4.79. The molecule has 19 heavy (non-hydrogen) atoms. The van der Waals surface area contributed by atoms with Crippen LogP contribution in [0.1, 0.15) is 47.7 Å². The summed E-state index contributed by atoms with van der Waals surface area (Å²) >= 11 is 0. The SMILES string of the molecule is COC(=O)c1ccc(C2CCC(F)(F)CC2)nc1N. The maximum absolute atomic E-state index is 13.1. The standard InChI is InChI=1S/C13H16F2N2O2/c1-19-12(18)9-2-3-10(17-11(9)16)8-4-6-13(14,15)7-5-8/h2-3,8H,4-7H2,1H3,(H2,16,17). The van der Waals surface area contributed by atoms with E-state index in [0.717, 1.165) is 0 Å². The van der Waals surface area contributed by atoms with Crippen LogP contribution in [0.3, 0.4) is 0 Å². The zero-order valence-electron chi connectivity index (χ0n) is 10.7. The Morgan fingerprint density at radius 1 is 1.42 bits per heavy atom. The van der Waals surface area contributed by atoms with Gasteiger partial charge in [0.2, 0.25) is 5.92 Å². The molecule has 4 nitrogen and oxygen atoms in total. The molecule has 0 saturated heterocycles. The minimum absolute atomic E-state index is 0.0198. The highest BCUT2D eigenvalue weighted by Gasteiger charge is 2.35. The first-order chi connectivity index (χ1) is 8.93. The number of carbonyl (C=O) groups is 1. The van der Waals surface area contributed by atoms with Gasteiger partial charge in [-0.3, -0.25) is 0 Å². The maximum atomic E-state index is 13.1. The van der Waals surface area contributed by atoms with Gasteiger partial charge in [-0.05, 0) is 25.0 Å². The van der Waals surface area contributed by atoms with Gasteiger partial charge in [0, 0.05) is 24.5 Å². The van der Waals surface area contributed by atoms with Gasteiger partial charge in [-0.15, -0.1) is 0 Å². The molecule has 1 aromatic rings. The minimum Gasteiger partial charge on any atom is -0.465 e. The molecule has 1 aliphatic carbocycles. The third kappa shape index (κ3) is 3.00. The molecule has 0 amide bonds. The average Bonchev–Trinajstić information content (AvgIpc) is 2.37. The number of halogens is 2. The smallest absolute Gasteiger partial charge is 0.341 e. The van der Waals surface area contributed by atoms with Crippen molar-refractivity contribution in [3.05, 3.63) is 23.4 Å². The number of esters is 1. The lowest BCUT2D eigenvalue weighted by atomic mass is 9.84. The van der Waals surface area contributed by atoms with Crippen LogP contribution in [0.2, 0.25) is 0 Å². The van der Waals surface area contributed by atoms with E-state index in [1.807, 2.05) is 0 Å². The number of anilines is 1. The molecule has 0 bridgehead atoms. The first-order valence-corrected chi connectivity index (χ1v) is 6.15. The second-order valence-electron chi connectivity index (χ2n) is 4.79. The number of ether oxygens (including phenoxy) is 1. The van der Waals surface area contributed by atoms with Crippen molar-refractivity contribution in [2.75, 3.05) is 12.8 Å². The Morgan fingerprint density at radius 2 is 2.05 bits per heavy atom. The summed E-state index contributed by atoms with van der Waals surface area (Å²) in [4.78, 5) is 15.5. The third-order valence-corrected chi connectivity index (χ3v) is 3.49. The maximum Gasteiger partial charge on any atom is 0.341 e. The van der Waals surface area contributed by atoms with Crippen LogP contribution in [0.5, 0.6) is 0 Å². The highest BCUT2D eigenvalue weighted by molar-refractivity contribution is 5.93. The van der Waals surface area contributed by atoms with Crippen molar-refractivity contribution in [3.63, 3.8) is 0 Å². The molecule has 0 radical (unpaired) electrons. The number of methoxy groups -OCH3 is 1. The Bertz CT molecular complexity index is 482. The summed E-state index contributed by atoms with van der Waals surface area (Å²) in [5.41, 5.74) is 6.57. The van der Waals surface area contributed by atoms with E-state index in [0.29, 0.717) is 18.5 Å². The van der Waals surface area contributed by atoms with Crippen LogP contribution in [0.4, 0.5) is 14.6 Å². The van der Waals surface area contributed by atoms with Crippen molar-refractivity contribution in [2.45, 2.75) is 37.5 Å². The summed E-state index contributed by atoms with van der Waals surface area (Å²) in [6, 6.07) is 3.20. The highest BCUT2D eigenvalue weighted by atomic mass is 19.3. The first-order valence-electron chi connectivity index (χ1n) is 6.15. The van der Waals surface area contributed by atoms with E-state index < -0.39 is 11.9 Å². The van der Waals surface area contributed by atoms with E-state index in [1.165, 1.54) is 13.2 Å². The van der Waals surface area contributed by atoms with Crippen molar-refractivity contribution in [1.29, 1.82) is 0 Å². The Labute approximate surface area is 110 Å². The molecule has 1 saturated carbocycles. The van der Waals surface area contributed by atoms with Crippen LogP contribution < -0.4 is 5.73 Å². The fraction of sp³-hybridized carbons (Fsp3) is 0.538. The molecule has 0 aliphatic heterocycles. The Balaban J connectivity index is 2.15. The zero-order valence-corrected chi connectivity index (χ0v) is 10.7. The van der Waals surface area contributed by atoms with E-state index in [1.54, 1.807) is 6.07 Å². The Hall–Kier alpha value is -1.72. The fourth-order valence-corrected chi connectivity index (χ4v) is 2.34. The molecule has 0 atom stereocenters.